The van der Waals surface area contributed by atoms with Crippen molar-refractivity contribution < 1.29 is 9.32 Å². The van der Waals surface area contributed by atoms with Crippen LogP contribution in [0.15, 0.2) is 28.8 Å². The SMILES string of the molecule is CC(C)C(=O)N(C)Cc1ccc(-c2nc(C3CNCCN3C)no2)cc1.Cl. The van der Waals surface area contributed by atoms with Crippen molar-refractivity contribution in [2.24, 2.45) is 5.92 Å². The van der Waals surface area contributed by atoms with E-state index in [1.807, 2.05) is 45.2 Å². The highest BCUT2D eigenvalue weighted by atomic mass is 35.5. The van der Waals surface area contributed by atoms with Crippen LogP contribution in [-0.2, 0) is 11.3 Å². The molecule has 0 aliphatic carbocycles. The molecule has 1 aromatic carbocycles. The Hall–Kier alpha value is -1.96. The number of piperazine rings is 1. The van der Waals surface area contributed by atoms with Crippen LogP contribution < -0.4 is 5.32 Å². The van der Waals surface area contributed by atoms with Gasteiger partial charge in [0.05, 0.1) is 6.04 Å². The molecule has 0 bridgehead atoms. The first kappa shape index (κ1) is 21.3. The van der Waals surface area contributed by atoms with Crippen LogP contribution in [0.4, 0.5) is 0 Å². The summed E-state index contributed by atoms with van der Waals surface area (Å²) in [4.78, 5) is 20.5. The summed E-state index contributed by atoms with van der Waals surface area (Å²) in [6.45, 7) is 7.18. The number of nitrogens with zero attached hydrogens (tertiary/aromatic N) is 4. The number of aromatic nitrogens is 2. The normalized spacial score (nSPS) is 17.6. The minimum absolute atomic E-state index is 0. The molecule has 0 spiro atoms. The summed E-state index contributed by atoms with van der Waals surface area (Å²) in [6.07, 6.45) is 0. The van der Waals surface area contributed by atoms with Crippen LogP contribution >= 0.6 is 12.4 Å². The van der Waals surface area contributed by atoms with E-state index in [2.05, 4.69) is 27.4 Å². The summed E-state index contributed by atoms with van der Waals surface area (Å²) in [6, 6.07) is 8.05. The predicted octanol–water partition coefficient (Wildman–Crippen LogP) is 2.35. The largest absolute Gasteiger partial charge is 0.341 e. The Bertz CT molecular complexity index is 747. The molecule has 1 amide bonds. The molecule has 1 aromatic heterocycles. The van der Waals surface area contributed by atoms with Crippen molar-refractivity contribution in [3.63, 3.8) is 0 Å². The second-order valence-electron chi connectivity index (χ2n) is 7.20. The lowest BCUT2D eigenvalue weighted by molar-refractivity contribution is -0.133. The molecule has 3 rings (SSSR count). The third kappa shape index (κ3) is 5.06. The van der Waals surface area contributed by atoms with Gasteiger partial charge >= 0.3 is 0 Å². The van der Waals surface area contributed by atoms with Gasteiger partial charge in [0.25, 0.3) is 5.89 Å². The summed E-state index contributed by atoms with van der Waals surface area (Å²) in [5.74, 6) is 1.38. The summed E-state index contributed by atoms with van der Waals surface area (Å²) in [5, 5.41) is 7.52. The lowest BCUT2D eigenvalue weighted by Crippen LogP contribution is -2.44. The van der Waals surface area contributed by atoms with Crippen LogP contribution in [0.25, 0.3) is 11.5 Å². The second-order valence-corrected chi connectivity index (χ2v) is 7.20. The number of hydrogen-bond donors (Lipinski definition) is 1. The summed E-state index contributed by atoms with van der Waals surface area (Å²) >= 11 is 0. The van der Waals surface area contributed by atoms with Gasteiger partial charge in [0.1, 0.15) is 0 Å². The molecule has 27 heavy (non-hydrogen) atoms. The summed E-state index contributed by atoms with van der Waals surface area (Å²) in [7, 11) is 3.90. The lowest BCUT2D eigenvalue weighted by atomic mass is 10.1. The molecule has 0 radical (unpaired) electrons. The maximum Gasteiger partial charge on any atom is 0.257 e. The maximum absolute atomic E-state index is 12.0. The molecule has 2 heterocycles. The van der Waals surface area contributed by atoms with Crippen LogP contribution in [-0.4, -0.2) is 59.6 Å². The molecule has 1 atom stereocenters. The third-order valence-electron chi connectivity index (χ3n) is 4.74. The van der Waals surface area contributed by atoms with Crippen molar-refractivity contribution in [2.45, 2.75) is 26.4 Å². The molecule has 1 aliphatic rings. The maximum atomic E-state index is 12.0. The van der Waals surface area contributed by atoms with Crippen LogP contribution in [0.2, 0.25) is 0 Å². The van der Waals surface area contributed by atoms with Crippen molar-refractivity contribution in [3.05, 3.63) is 35.7 Å². The number of likely N-dealkylation sites (N-methyl/N-ethyl adjacent to an activating group) is 1. The zero-order valence-corrected chi connectivity index (χ0v) is 17.1. The Labute approximate surface area is 166 Å². The minimum Gasteiger partial charge on any atom is -0.341 e. The minimum atomic E-state index is 0. The van der Waals surface area contributed by atoms with Gasteiger partial charge in [-0.2, -0.15) is 4.98 Å². The van der Waals surface area contributed by atoms with E-state index in [9.17, 15) is 4.79 Å². The Morgan fingerprint density at radius 2 is 2.07 bits per heavy atom. The molecular formula is C19H28ClN5O2. The van der Waals surface area contributed by atoms with Crippen molar-refractivity contribution >= 4 is 18.3 Å². The van der Waals surface area contributed by atoms with E-state index < -0.39 is 0 Å². The Morgan fingerprint density at radius 3 is 2.70 bits per heavy atom. The average Bonchev–Trinajstić information content (AvgIpc) is 3.11. The van der Waals surface area contributed by atoms with Gasteiger partial charge in [-0.25, -0.2) is 0 Å². The number of amides is 1. The van der Waals surface area contributed by atoms with Gasteiger partial charge in [-0.15, -0.1) is 12.4 Å². The summed E-state index contributed by atoms with van der Waals surface area (Å²) < 4.78 is 5.46. The number of halogens is 1. The van der Waals surface area contributed by atoms with E-state index in [0.29, 0.717) is 18.3 Å². The second kappa shape index (κ2) is 9.30. The fraction of sp³-hybridized carbons (Fsp3) is 0.526. The van der Waals surface area contributed by atoms with E-state index in [4.69, 9.17) is 4.52 Å². The molecule has 148 valence electrons. The summed E-state index contributed by atoms with van der Waals surface area (Å²) in [5.41, 5.74) is 1.96. The molecular weight excluding hydrogens is 366 g/mol. The van der Waals surface area contributed by atoms with E-state index in [1.165, 1.54) is 0 Å². The number of nitrogens with one attached hydrogen (secondary N) is 1. The molecule has 1 unspecified atom stereocenters. The van der Waals surface area contributed by atoms with Gasteiger partial charge in [0.2, 0.25) is 5.91 Å². The molecule has 8 heteroatoms. The van der Waals surface area contributed by atoms with Crippen molar-refractivity contribution in [1.82, 2.24) is 25.3 Å². The first-order valence-electron chi connectivity index (χ1n) is 9.04. The number of carbonyl (C=O) groups is 1. The third-order valence-corrected chi connectivity index (χ3v) is 4.74. The van der Waals surface area contributed by atoms with Gasteiger partial charge in [0, 0.05) is 44.7 Å². The average molecular weight is 394 g/mol. The van der Waals surface area contributed by atoms with Crippen LogP contribution in [0, 0.1) is 5.92 Å². The highest BCUT2D eigenvalue weighted by molar-refractivity contribution is 5.85. The molecule has 1 fully saturated rings. The number of rotatable bonds is 5. The highest BCUT2D eigenvalue weighted by Gasteiger charge is 2.25. The molecule has 2 aromatic rings. The molecule has 1 saturated heterocycles. The van der Waals surface area contributed by atoms with Crippen molar-refractivity contribution in [3.8, 4) is 11.5 Å². The van der Waals surface area contributed by atoms with Gasteiger partial charge in [-0.1, -0.05) is 31.1 Å². The molecule has 1 aliphatic heterocycles. The fourth-order valence-corrected chi connectivity index (χ4v) is 3.13. The van der Waals surface area contributed by atoms with Crippen LogP contribution in [0.3, 0.4) is 0 Å². The van der Waals surface area contributed by atoms with Crippen LogP contribution in [0.5, 0.6) is 0 Å². The van der Waals surface area contributed by atoms with Crippen molar-refractivity contribution in [2.75, 3.05) is 33.7 Å². The Morgan fingerprint density at radius 1 is 1.37 bits per heavy atom. The number of carbonyl (C=O) groups excluding carboxylic acids is 1. The molecule has 1 N–H and O–H groups in total. The van der Waals surface area contributed by atoms with Crippen molar-refractivity contribution in [1.29, 1.82) is 0 Å². The van der Waals surface area contributed by atoms with E-state index in [-0.39, 0.29) is 30.3 Å². The Kier molecular flexibility index (Phi) is 7.35. The van der Waals surface area contributed by atoms with Gasteiger partial charge in [0.15, 0.2) is 5.82 Å². The topological polar surface area (TPSA) is 74.5 Å². The zero-order valence-electron chi connectivity index (χ0n) is 16.3. The number of benzene rings is 1. The van der Waals surface area contributed by atoms with Gasteiger partial charge < -0.3 is 14.7 Å². The Balaban J connectivity index is 0.00000261. The quantitative estimate of drug-likeness (QED) is 0.840. The first-order valence-corrected chi connectivity index (χ1v) is 9.04. The van der Waals surface area contributed by atoms with Gasteiger partial charge in [-0.05, 0) is 24.7 Å². The first-order chi connectivity index (χ1) is 12.5. The lowest BCUT2D eigenvalue weighted by Gasteiger charge is -2.30. The number of hydrogen-bond acceptors (Lipinski definition) is 6. The molecule has 7 nitrogen and oxygen atoms in total. The predicted molar refractivity (Wildman–Crippen MR) is 107 cm³/mol. The fourth-order valence-electron chi connectivity index (χ4n) is 3.13. The zero-order chi connectivity index (χ0) is 18.7. The highest BCUT2D eigenvalue weighted by Crippen LogP contribution is 2.23. The standard InChI is InChI=1S/C19H27N5O2.ClH/c1-13(2)19(25)24(4)12-14-5-7-15(8-6-14)18-21-17(22-26-18)16-11-20-9-10-23(16)3;/h5-8,13,16,20H,9-12H2,1-4H3;1H. The monoisotopic (exact) mass is 393 g/mol. The van der Waals surface area contributed by atoms with E-state index >= 15 is 0 Å². The van der Waals surface area contributed by atoms with E-state index in [1.54, 1.807) is 4.90 Å². The molecule has 0 saturated carbocycles. The van der Waals surface area contributed by atoms with Crippen LogP contribution in [0.1, 0.15) is 31.3 Å². The van der Waals surface area contributed by atoms with E-state index in [0.717, 1.165) is 30.8 Å². The van der Waals surface area contributed by atoms with Gasteiger partial charge in [-0.3, -0.25) is 9.69 Å². The smallest absolute Gasteiger partial charge is 0.257 e.